The standard InChI is InChI=1S/C21H16N4O4S/c22-30(26,27)16-7-5-15(6-8-16)24-21-23-11-14-2-1-3-17(20(14)25-21)13-4-9-18-19(10-13)29-12-28-18/h1-11H,12H2,(H2,22,26,27)(H,23,24,25). The van der Waals surface area contributed by atoms with Crippen LogP contribution in [0.4, 0.5) is 11.6 Å². The lowest BCUT2D eigenvalue weighted by atomic mass is 10.0. The van der Waals surface area contributed by atoms with E-state index in [4.69, 9.17) is 14.6 Å². The van der Waals surface area contributed by atoms with Gasteiger partial charge in [-0.15, -0.1) is 0 Å². The van der Waals surface area contributed by atoms with Gasteiger partial charge in [0.2, 0.25) is 22.8 Å². The Labute approximate surface area is 172 Å². The summed E-state index contributed by atoms with van der Waals surface area (Å²) in [6.07, 6.45) is 1.74. The SMILES string of the molecule is NS(=O)(=O)c1ccc(Nc2ncc3cccc(-c4ccc5c(c4)OCO5)c3n2)cc1. The van der Waals surface area contributed by atoms with Gasteiger partial charge in [0.15, 0.2) is 11.5 Å². The summed E-state index contributed by atoms with van der Waals surface area (Å²) in [5.41, 5.74) is 3.30. The van der Waals surface area contributed by atoms with Crippen LogP contribution in [0.3, 0.4) is 0 Å². The molecule has 0 atom stereocenters. The molecule has 0 aliphatic carbocycles. The second kappa shape index (κ2) is 6.97. The molecule has 0 fully saturated rings. The number of para-hydroxylation sites is 1. The lowest BCUT2D eigenvalue weighted by Gasteiger charge is -2.10. The molecule has 30 heavy (non-hydrogen) atoms. The number of hydrogen-bond acceptors (Lipinski definition) is 7. The van der Waals surface area contributed by atoms with Crippen LogP contribution in [0.5, 0.6) is 11.5 Å². The van der Waals surface area contributed by atoms with Crippen molar-refractivity contribution in [3.63, 3.8) is 0 Å². The average molecular weight is 420 g/mol. The van der Waals surface area contributed by atoms with Gasteiger partial charge in [0, 0.05) is 22.8 Å². The van der Waals surface area contributed by atoms with Gasteiger partial charge in [-0.25, -0.2) is 23.5 Å². The van der Waals surface area contributed by atoms with Crippen molar-refractivity contribution in [2.75, 3.05) is 12.1 Å². The lowest BCUT2D eigenvalue weighted by Crippen LogP contribution is -2.11. The van der Waals surface area contributed by atoms with Crippen LogP contribution in [-0.4, -0.2) is 25.2 Å². The molecular formula is C21H16N4O4S. The van der Waals surface area contributed by atoms with E-state index < -0.39 is 10.0 Å². The number of nitrogens with two attached hydrogens (primary N) is 1. The predicted molar refractivity (Wildman–Crippen MR) is 112 cm³/mol. The van der Waals surface area contributed by atoms with Crippen LogP contribution in [-0.2, 0) is 10.0 Å². The van der Waals surface area contributed by atoms with E-state index in [1.54, 1.807) is 18.3 Å². The monoisotopic (exact) mass is 420 g/mol. The van der Waals surface area contributed by atoms with Gasteiger partial charge in [-0.1, -0.05) is 24.3 Å². The molecule has 9 heteroatoms. The number of fused-ring (bicyclic) bond motifs is 2. The van der Waals surface area contributed by atoms with Gasteiger partial charge in [0.25, 0.3) is 0 Å². The number of benzene rings is 3. The molecule has 0 amide bonds. The molecule has 1 aromatic heterocycles. The largest absolute Gasteiger partial charge is 0.454 e. The summed E-state index contributed by atoms with van der Waals surface area (Å²) in [5.74, 6) is 1.81. The molecule has 0 saturated carbocycles. The van der Waals surface area contributed by atoms with Crippen LogP contribution in [0.1, 0.15) is 0 Å². The van der Waals surface area contributed by atoms with E-state index in [0.717, 1.165) is 27.8 Å². The van der Waals surface area contributed by atoms with Gasteiger partial charge < -0.3 is 14.8 Å². The number of anilines is 2. The fourth-order valence-corrected chi connectivity index (χ4v) is 3.79. The second-order valence-electron chi connectivity index (χ2n) is 6.70. The van der Waals surface area contributed by atoms with E-state index in [9.17, 15) is 8.42 Å². The van der Waals surface area contributed by atoms with Crippen LogP contribution in [0, 0.1) is 0 Å². The van der Waals surface area contributed by atoms with Crippen molar-refractivity contribution >= 4 is 32.6 Å². The van der Waals surface area contributed by atoms with Gasteiger partial charge in [-0.2, -0.15) is 0 Å². The minimum absolute atomic E-state index is 0.0394. The molecule has 1 aliphatic heterocycles. The Morgan fingerprint density at radius 2 is 1.77 bits per heavy atom. The first-order chi connectivity index (χ1) is 14.5. The first-order valence-electron chi connectivity index (χ1n) is 9.03. The Kier molecular flexibility index (Phi) is 4.27. The molecule has 0 saturated heterocycles. The Morgan fingerprint density at radius 1 is 0.967 bits per heavy atom. The molecule has 8 nitrogen and oxygen atoms in total. The van der Waals surface area contributed by atoms with Gasteiger partial charge in [0.05, 0.1) is 10.4 Å². The fraction of sp³-hybridized carbons (Fsp3) is 0.0476. The van der Waals surface area contributed by atoms with Gasteiger partial charge in [-0.3, -0.25) is 0 Å². The summed E-state index contributed by atoms with van der Waals surface area (Å²) in [7, 11) is -3.74. The molecule has 3 aromatic carbocycles. The van der Waals surface area contributed by atoms with Crippen LogP contribution in [0.25, 0.3) is 22.0 Å². The molecule has 0 unspecified atom stereocenters. The van der Waals surface area contributed by atoms with Crippen LogP contribution >= 0.6 is 0 Å². The van der Waals surface area contributed by atoms with Gasteiger partial charge in [-0.05, 0) is 42.0 Å². The zero-order valence-corrected chi connectivity index (χ0v) is 16.4. The number of rotatable bonds is 4. The topological polar surface area (TPSA) is 116 Å². The second-order valence-corrected chi connectivity index (χ2v) is 8.26. The lowest BCUT2D eigenvalue weighted by molar-refractivity contribution is 0.174. The Morgan fingerprint density at radius 3 is 2.57 bits per heavy atom. The summed E-state index contributed by atoms with van der Waals surface area (Å²) in [6.45, 7) is 0.217. The molecule has 1 aliphatic rings. The first kappa shape index (κ1) is 18.3. The molecule has 4 aromatic rings. The zero-order valence-electron chi connectivity index (χ0n) is 15.6. The van der Waals surface area contributed by atoms with Crippen LogP contribution in [0.15, 0.2) is 71.8 Å². The molecule has 150 valence electrons. The maximum absolute atomic E-state index is 11.4. The van der Waals surface area contributed by atoms with Gasteiger partial charge >= 0.3 is 0 Å². The molecule has 3 N–H and O–H groups in total. The highest BCUT2D eigenvalue weighted by atomic mass is 32.2. The molecule has 2 heterocycles. The average Bonchev–Trinajstić information content (AvgIpc) is 3.21. The summed E-state index contributed by atoms with van der Waals surface area (Å²) in [4.78, 5) is 9.07. The number of nitrogens with zero attached hydrogens (tertiary/aromatic N) is 2. The number of aromatic nitrogens is 2. The van der Waals surface area contributed by atoms with Crippen LogP contribution in [0.2, 0.25) is 0 Å². The number of primary sulfonamides is 1. The van der Waals surface area contributed by atoms with E-state index in [1.165, 1.54) is 12.1 Å². The third kappa shape index (κ3) is 3.40. The summed E-state index contributed by atoms with van der Waals surface area (Å²) < 4.78 is 33.7. The highest BCUT2D eigenvalue weighted by molar-refractivity contribution is 7.89. The van der Waals surface area contributed by atoms with E-state index >= 15 is 0 Å². The number of hydrogen-bond donors (Lipinski definition) is 2. The zero-order chi connectivity index (χ0) is 20.7. The molecule has 5 rings (SSSR count). The van der Waals surface area contributed by atoms with Crippen molar-refractivity contribution in [1.29, 1.82) is 0 Å². The maximum atomic E-state index is 11.4. The Hall–Kier alpha value is -3.69. The Balaban J connectivity index is 1.52. The van der Waals surface area contributed by atoms with E-state index in [0.29, 0.717) is 17.4 Å². The quantitative estimate of drug-likeness (QED) is 0.520. The molecule has 0 radical (unpaired) electrons. The highest BCUT2D eigenvalue weighted by Crippen LogP contribution is 2.37. The summed E-state index contributed by atoms with van der Waals surface area (Å²) >= 11 is 0. The van der Waals surface area contributed by atoms with E-state index in [1.807, 2.05) is 36.4 Å². The van der Waals surface area contributed by atoms with Gasteiger partial charge in [0.1, 0.15) is 0 Å². The third-order valence-electron chi connectivity index (χ3n) is 4.73. The minimum Gasteiger partial charge on any atom is -0.454 e. The minimum atomic E-state index is -3.74. The van der Waals surface area contributed by atoms with Crippen molar-refractivity contribution in [1.82, 2.24) is 9.97 Å². The van der Waals surface area contributed by atoms with Crippen molar-refractivity contribution in [3.8, 4) is 22.6 Å². The van der Waals surface area contributed by atoms with Crippen molar-refractivity contribution < 1.29 is 17.9 Å². The van der Waals surface area contributed by atoms with Crippen molar-refractivity contribution in [2.24, 2.45) is 5.14 Å². The highest BCUT2D eigenvalue weighted by Gasteiger charge is 2.15. The summed E-state index contributed by atoms with van der Waals surface area (Å²) in [6, 6.07) is 17.7. The third-order valence-corrected chi connectivity index (χ3v) is 5.66. The van der Waals surface area contributed by atoms with E-state index in [2.05, 4.69) is 15.3 Å². The van der Waals surface area contributed by atoms with Crippen molar-refractivity contribution in [3.05, 3.63) is 66.9 Å². The Bertz CT molecular complexity index is 1370. The fourth-order valence-electron chi connectivity index (χ4n) is 3.27. The molecular weight excluding hydrogens is 404 g/mol. The predicted octanol–water partition coefficient (Wildman–Crippen LogP) is 3.42. The molecule has 0 bridgehead atoms. The van der Waals surface area contributed by atoms with Crippen molar-refractivity contribution in [2.45, 2.75) is 4.90 Å². The smallest absolute Gasteiger partial charge is 0.238 e. The normalized spacial score (nSPS) is 12.8. The van der Waals surface area contributed by atoms with Crippen LogP contribution < -0.4 is 19.9 Å². The van der Waals surface area contributed by atoms with E-state index in [-0.39, 0.29) is 11.7 Å². The summed E-state index contributed by atoms with van der Waals surface area (Å²) in [5, 5.41) is 9.12. The maximum Gasteiger partial charge on any atom is 0.238 e. The number of ether oxygens (including phenoxy) is 2. The number of sulfonamides is 1. The number of nitrogens with one attached hydrogen (secondary N) is 1. The molecule has 0 spiro atoms. The first-order valence-corrected chi connectivity index (χ1v) is 10.6.